The molecule has 0 unspecified atom stereocenters. The topological polar surface area (TPSA) is 86.8 Å². The fraction of sp³-hybridized carbons (Fsp3) is 0.278. The van der Waals surface area contributed by atoms with E-state index in [4.69, 9.17) is 0 Å². The Kier molecular flexibility index (Phi) is 11.7. The molecule has 0 spiro atoms. The number of amides is 2. The minimum absolute atomic E-state index is 0.0417. The Hall–Kier alpha value is -3.47. The van der Waals surface area contributed by atoms with E-state index >= 15 is 0 Å². The number of sulfonamides is 1. The molecule has 1 N–H and O–H groups in total. The standard InChI is InChI=1S/C36H37Br2N3O4S/c37-29-19-21-32(22-20-29)41(46(44,45)33-17-8-3-9-18-33)26-35(42)40(25-28-13-10-14-30(38)23-28)34(24-27-11-4-1-5-12-27)36(43)39-31-15-6-2-7-16-31/h1,3-5,8-14,17-23,31,34H,2,6-7,15-16,24-26H2,(H,39,43)/t34-/m0/s1. The van der Waals surface area contributed by atoms with Crippen LogP contribution in [0.2, 0.25) is 0 Å². The highest BCUT2D eigenvalue weighted by Gasteiger charge is 2.35. The van der Waals surface area contributed by atoms with Gasteiger partial charge in [0.15, 0.2) is 0 Å². The van der Waals surface area contributed by atoms with Gasteiger partial charge in [0.1, 0.15) is 12.6 Å². The van der Waals surface area contributed by atoms with Gasteiger partial charge < -0.3 is 10.2 Å². The average Bonchev–Trinajstić information content (AvgIpc) is 3.07. The molecule has 1 aliphatic carbocycles. The van der Waals surface area contributed by atoms with Crippen molar-refractivity contribution >= 4 is 59.4 Å². The fourth-order valence-electron chi connectivity index (χ4n) is 5.79. The van der Waals surface area contributed by atoms with Crippen molar-refractivity contribution in [2.45, 2.75) is 62.0 Å². The predicted molar refractivity (Wildman–Crippen MR) is 189 cm³/mol. The number of halogens is 2. The number of hydrogen-bond acceptors (Lipinski definition) is 4. The lowest BCUT2D eigenvalue weighted by atomic mass is 9.94. The third-order valence-corrected chi connectivity index (χ3v) is 11.0. The average molecular weight is 768 g/mol. The number of benzene rings is 4. The highest BCUT2D eigenvalue weighted by atomic mass is 79.9. The summed E-state index contributed by atoms with van der Waals surface area (Å²) < 4.78 is 30.9. The molecule has 0 radical (unpaired) electrons. The van der Waals surface area contributed by atoms with E-state index in [9.17, 15) is 18.0 Å². The fourth-order valence-corrected chi connectivity index (χ4v) is 7.93. The van der Waals surface area contributed by atoms with E-state index in [2.05, 4.69) is 37.2 Å². The maximum atomic E-state index is 14.6. The molecule has 4 aromatic carbocycles. The number of carbonyl (C=O) groups excluding carboxylic acids is 2. The van der Waals surface area contributed by atoms with E-state index in [1.807, 2.05) is 54.6 Å². The van der Waals surface area contributed by atoms with Gasteiger partial charge in [-0.1, -0.05) is 112 Å². The van der Waals surface area contributed by atoms with Gasteiger partial charge in [0.05, 0.1) is 10.6 Å². The Balaban J connectivity index is 1.55. The highest BCUT2D eigenvalue weighted by molar-refractivity contribution is 9.10. The molecule has 0 heterocycles. The lowest BCUT2D eigenvalue weighted by Gasteiger charge is -2.35. The first-order valence-corrected chi connectivity index (χ1v) is 18.4. The SMILES string of the molecule is O=C(NC1CCCCC1)[C@H](Cc1ccccc1)N(Cc1cccc(Br)c1)C(=O)CN(c1ccc(Br)cc1)S(=O)(=O)c1ccccc1. The van der Waals surface area contributed by atoms with Crippen molar-refractivity contribution in [2.24, 2.45) is 0 Å². The number of anilines is 1. The molecule has 1 atom stereocenters. The van der Waals surface area contributed by atoms with Gasteiger partial charge in [-0.05, 0) is 72.5 Å². The van der Waals surface area contributed by atoms with Gasteiger partial charge in [0.25, 0.3) is 10.0 Å². The third kappa shape index (κ3) is 8.86. The molecule has 4 aromatic rings. The van der Waals surface area contributed by atoms with E-state index in [1.165, 1.54) is 12.1 Å². The highest BCUT2D eigenvalue weighted by Crippen LogP contribution is 2.27. The van der Waals surface area contributed by atoms with E-state index in [-0.39, 0.29) is 29.8 Å². The summed E-state index contributed by atoms with van der Waals surface area (Å²) in [7, 11) is -4.14. The monoisotopic (exact) mass is 765 g/mol. The molecule has 1 aliphatic rings. The van der Waals surface area contributed by atoms with E-state index in [0.29, 0.717) is 5.69 Å². The van der Waals surface area contributed by atoms with Gasteiger partial charge in [-0.2, -0.15) is 0 Å². The predicted octanol–water partition coefficient (Wildman–Crippen LogP) is 7.50. The molecule has 0 saturated heterocycles. The molecular weight excluding hydrogens is 730 g/mol. The number of carbonyl (C=O) groups is 2. The van der Waals surface area contributed by atoms with E-state index in [0.717, 1.165) is 56.5 Å². The molecule has 1 fully saturated rings. The van der Waals surface area contributed by atoms with Crippen molar-refractivity contribution in [3.05, 3.63) is 129 Å². The summed E-state index contributed by atoms with van der Waals surface area (Å²) in [5.41, 5.74) is 2.06. The Morgan fingerprint density at radius 1 is 0.761 bits per heavy atom. The Bertz CT molecular complexity index is 1720. The second kappa shape index (κ2) is 15.9. The summed E-state index contributed by atoms with van der Waals surface area (Å²) in [5, 5.41) is 3.24. The van der Waals surface area contributed by atoms with Crippen LogP contribution in [0.5, 0.6) is 0 Å². The van der Waals surface area contributed by atoms with Crippen molar-refractivity contribution in [3.63, 3.8) is 0 Å². The first-order valence-electron chi connectivity index (χ1n) is 15.4. The second-order valence-corrected chi connectivity index (χ2v) is 15.2. The van der Waals surface area contributed by atoms with Crippen molar-refractivity contribution < 1.29 is 18.0 Å². The van der Waals surface area contributed by atoms with Gasteiger partial charge in [-0.25, -0.2) is 8.42 Å². The largest absolute Gasteiger partial charge is 0.352 e. The zero-order valence-corrected chi connectivity index (χ0v) is 29.4. The van der Waals surface area contributed by atoms with Gasteiger partial charge >= 0.3 is 0 Å². The van der Waals surface area contributed by atoms with Gasteiger partial charge in [0.2, 0.25) is 11.8 Å². The number of rotatable bonds is 12. The molecule has 0 aromatic heterocycles. The molecule has 7 nitrogen and oxygen atoms in total. The Morgan fingerprint density at radius 3 is 2.04 bits per heavy atom. The van der Waals surface area contributed by atoms with Crippen LogP contribution in [0.4, 0.5) is 5.69 Å². The van der Waals surface area contributed by atoms with E-state index < -0.39 is 28.5 Å². The van der Waals surface area contributed by atoms with Crippen LogP contribution in [0.1, 0.15) is 43.2 Å². The lowest BCUT2D eigenvalue weighted by Crippen LogP contribution is -2.55. The van der Waals surface area contributed by atoms with Gasteiger partial charge in [0, 0.05) is 28.0 Å². The first kappa shape index (κ1) is 33.9. The van der Waals surface area contributed by atoms with Crippen LogP contribution < -0.4 is 9.62 Å². The minimum atomic E-state index is -4.14. The molecule has 2 amide bonds. The van der Waals surface area contributed by atoms with Crippen LogP contribution in [0, 0.1) is 0 Å². The maximum absolute atomic E-state index is 14.6. The van der Waals surface area contributed by atoms with Crippen molar-refractivity contribution in [3.8, 4) is 0 Å². The van der Waals surface area contributed by atoms with Crippen LogP contribution in [0.15, 0.2) is 123 Å². The van der Waals surface area contributed by atoms with Crippen LogP contribution in [-0.4, -0.2) is 43.8 Å². The normalized spacial score (nSPS) is 14.3. The molecule has 240 valence electrons. The summed E-state index contributed by atoms with van der Waals surface area (Å²) in [6.45, 7) is -0.373. The van der Waals surface area contributed by atoms with Crippen molar-refractivity contribution in [2.75, 3.05) is 10.8 Å². The van der Waals surface area contributed by atoms with Gasteiger partial charge in [-0.3, -0.25) is 13.9 Å². The third-order valence-electron chi connectivity index (χ3n) is 8.19. The Labute approximate surface area is 288 Å². The Morgan fingerprint density at radius 2 is 1.39 bits per heavy atom. The first-order chi connectivity index (χ1) is 22.2. The smallest absolute Gasteiger partial charge is 0.264 e. The summed E-state index contributed by atoms with van der Waals surface area (Å²) >= 11 is 6.95. The molecule has 1 saturated carbocycles. The molecule has 0 aliphatic heterocycles. The van der Waals surface area contributed by atoms with E-state index in [1.54, 1.807) is 47.4 Å². The van der Waals surface area contributed by atoms with Crippen molar-refractivity contribution in [1.29, 1.82) is 0 Å². The second-order valence-electron chi connectivity index (χ2n) is 11.5. The molecule has 10 heteroatoms. The summed E-state index contributed by atoms with van der Waals surface area (Å²) in [6, 6.07) is 31.2. The quantitative estimate of drug-likeness (QED) is 0.162. The van der Waals surface area contributed by atoms with Crippen LogP contribution in [-0.2, 0) is 32.6 Å². The van der Waals surface area contributed by atoms with Crippen molar-refractivity contribution in [1.82, 2.24) is 10.2 Å². The number of nitrogens with zero attached hydrogens (tertiary/aromatic N) is 2. The lowest BCUT2D eigenvalue weighted by molar-refractivity contribution is -0.140. The minimum Gasteiger partial charge on any atom is -0.352 e. The molecule has 46 heavy (non-hydrogen) atoms. The number of nitrogens with one attached hydrogen (secondary N) is 1. The molecular formula is C36H37Br2N3O4S. The summed E-state index contributed by atoms with van der Waals surface area (Å²) in [6.07, 6.45) is 5.33. The maximum Gasteiger partial charge on any atom is 0.264 e. The molecule has 5 rings (SSSR count). The van der Waals surface area contributed by atoms with Crippen LogP contribution in [0.3, 0.4) is 0 Å². The van der Waals surface area contributed by atoms with Gasteiger partial charge in [-0.15, -0.1) is 0 Å². The summed E-state index contributed by atoms with van der Waals surface area (Å²) in [5.74, 6) is -0.720. The van der Waals surface area contributed by atoms with Crippen LogP contribution >= 0.6 is 31.9 Å². The molecule has 0 bridgehead atoms. The number of hydrogen-bond donors (Lipinski definition) is 1. The zero-order valence-electron chi connectivity index (χ0n) is 25.4. The van der Waals surface area contributed by atoms with Crippen LogP contribution in [0.25, 0.3) is 0 Å². The zero-order chi connectivity index (χ0) is 32.5. The summed E-state index contributed by atoms with van der Waals surface area (Å²) in [4.78, 5) is 30.4.